The highest BCUT2D eigenvalue weighted by Gasteiger charge is 2.18. The van der Waals surface area contributed by atoms with E-state index in [1.165, 1.54) is 12.1 Å². The molecule has 1 aliphatic rings. The highest BCUT2D eigenvalue weighted by Crippen LogP contribution is 2.22. The molecule has 0 saturated carbocycles. The molecule has 2 unspecified atom stereocenters. The van der Waals surface area contributed by atoms with Crippen molar-refractivity contribution in [3.05, 3.63) is 34.1 Å². The second kappa shape index (κ2) is 6.62. The topological polar surface area (TPSA) is 76.4 Å². The second-order valence-corrected chi connectivity index (χ2v) is 4.93. The number of rotatable bonds is 5. The molecule has 1 aromatic rings. The van der Waals surface area contributed by atoms with Gasteiger partial charge < -0.3 is 15.4 Å². The van der Waals surface area contributed by atoms with Crippen molar-refractivity contribution in [1.82, 2.24) is 5.32 Å². The molecule has 0 aliphatic carbocycles. The van der Waals surface area contributed by atoms with Gasteiger partial charge in [-0.3, -0.25) is 10.1 Å². The lowest BCUT2D eigenvalue weighted by molar-refractivity contribution is -0.387. The van der Waals surface area contributed by atoms with Gasteiger partial charge in [0.2, 0.25) is 5.82 Å². The number of morpholine rings is 1. The molecule has 1 aliphatic heterocycles. The van der Waals surface area contributed by atoms with Gasteiger partial charge in [0, 0.05) is 30.4 Å². The zero-order valence-corrected chi connectivity index (χ0v) is 11.3. The van der Waals surface area contributed by atoms with Crippen molar-refractivity contribution in [2.45, 2.75) is 25.4 Å². The molecule has 1 heterocycles. The molecule has 1 saturated heterocycles. The molecule has 1 aromatic carbocycles. The minimum atomic E-state index is -0.824. The SMILES string of the molecule is CC(CC1COCCN1)Nc1ccc(F)c([N+](=O)[O-])c1. The van der Waals surface area contributed by atoms with Crippen molar-refractivity contribution >= 4 is 11.4 Å². The van der Waals surface area contributed by atoms with Crippen LogP contribution in [0.4, 0.5) is 15.8 Å². The van der Waals surface area contributed by atoms with E-state index >= 15 is 0 Å². The lowest BCUT2D eigenvalue weighted by Gasteiger charge is -2.27. The van der Waals surface area contributed by atoms with E-state index < -0.39 is 16.4 Å². The first-order valence-electron chi connectivity index (χ1n) is 6.58. The number of nitro groups is 1. The van der Waals surface area contributed by atoms with Gasteiger partial charge in [0.25, 0.3) is 0 Å². The highest BCUT2D eigenvalue weighted by atomic mass is 19.1. The van der Waals surface area contributed by atoms with Crippen molar-refractivity contribution in [2.24, 2.45) is 0 Å². The van der Waals surface area contributed by atoms with Gasteiger partial charge in [-0.2, -0.15) is 4.39 Å². The molecule has 1 fully saturated rings. The predicted octanol–water partition coefficient (Wildman–Crippen LogP) is 1.91. The number of nitrogens with one attached hydrogen (secondary N) is 2. The number of anilines is 1. The van der Waals surface area contributed by atoms with Crippen molar-refractivity contribution in [1.29, 1.82) is 0 Å². The van der Waals surface area contributed by atoms with Crippen LogP contribution in [0.25, 0.3) is 0 Å². The average Bonchev–Trinajstić information content (AvgIpc) is 2.41. The average molecular weight is 283 g/mol. The first-order chi connectivity index (χ1) is 9.56. The van der Waals surface area contributed by atoms with Crippen LogP contribution in [0.5, 0.6) is 0 Å². The molecule has 2 N–H and O–H groups in total. The summed E-state index contributed by atoms with van der Waals surface area (Å²) in [4.78, 5) is 9.97. The molecule has 0 spiro atoms. The maximum Gasteiger partial charge on any atom is 0.306 e. The van der Waals surface area contributed by atoms with Crippen LogP contribution < -0.4 is 10.6 Å². The number of halogens is 1. The molecular formula is C13H18FN3O3. The van der Waals surface area contributed by atoms with E-state index in [-0.39, 0.29) is 12.1 Å². The lowest BCUT2D eigenvalue weighted by Crippen LogP contribution is -2.43. The van der Waals surface area contributed by atoms with Gasteiger partial charge in [0.1, 0.15) is 0 Å². The zero-order valence-electron chi connectivity index (χ0n) is 11.3. The maximum absolute atomic E-state index is 13.2. The zero-order chi connectivity index (χ0) is 14.5. The van der Waals surface area contributed by atoms with Crippen LogP contribution >= 0.6 is 0 Å². The van der Waals surface area contributed by atoms with Crippen LogP contribution in [0.1, 0.15) is 13.3 Å². The second-order valence-electron chi connectivity index (χ2n) is 4.93. The molecule has 2 atom stereocenters. The molecule has 20 heavy (non-hydrogen) atoms. The van der Waals surface area contributed by atoms with Gasteiger partial charge in [-0.05, 0) is 25.5 Å². The third-order valence-corrected chi connectivity index (χ3v) is 3.19. The quantitative estimate of drug-likeness (QED) is 0.637. The lowest BCUT2D eigenvalue weighted by atomic mass is 10.1. The standard InChI is InChI=1S/C13H18FN3O3/c1-9(6-11-8-20-5-4-15-11)16-10-2-3-12(14)13(7-10)17(18)19/h2-3,7,9,11,15-16H,4-6,8H2,1H3. The van der Waals surface area contributed by atoms with Crippen LogP contribution in [0.2, 0.25) is 0 Å². The summed E-state index contributed by atoms with van der Waals surface area (Å²) in [6.07, 6.45) is 0.825. The van der Waals surface area contributed by atoms with E-state index in [1.807, 2.05) is 6.92 Å². The molecule has 0 radical (unpaired) electrons. The molecule has 0 amide bonds. The number of nitrogens with zero attached hydrogens (tertiary/aromatic N) is 1. The van der Waals surface area contributed by atoms with Crippen molar-refractivity contribution in [3.8, 4) is 0 Å². The molecule has 110 valence electrons. The summed E-state index contributed by atoms with van der Waals surface area (Å²) < 4.78 is 18.6. The fraction of sp³-hybridized carbons (Fsp3) is 0.538. The summed E-state index contributed by atoms with van der Waals surface area (Å²) in [5.74, 6) is -0.824. The number of benzene rings is 1. The Morgan fingerprint density at radius 1 is 1.65 bits per heavy atom. The maximum atomic E-state index is 13.2. The Kier molecular flexibility index (Phi) is 4.86. The van der Waals surface area contributed by atoms with Crippen LogP contribution in [0, 0.1) is 15.9 Å². The Bertz CT molecular complexity index is 478. The van der Waals surface area contributed by atoms with Crippen LogP contribution in [0.15, 0.2) is 18.2 Å². The monoisotopic (exact) mass is 283 g/mol. The predicted molar refractivity (Wildman–Crippen MR) is 73.4 cm³/mol. The van der Waals surface area contributed by atoms with Gasteiger partial charge >= 0.3 is 5.69 Å². The number of hydrogen-bond acceptors (Lipinski definition) is 5. The summed E-state index contributed by atoms with van der Waals surface area (Å²) in [6.45, 7) is 4.20. The molecular weight excluding hydrogens is 265 g/mol. The fourth-order valence-corrected chi connectivity index (χ4v) is 2.28. The van der Waals surface area contributed by atoms with Crippen LogP contribution in [-0.4, -0.2) is 36.8 Å². The summed E-state index contributed by atoms with van der Waals surface area (Å²) >= 11 is 0. The van der Waals surface area contributed by atoms with E-state index in [0.717, 1.165) is 25.6 Å². The molecule has 6 nitrogen and oxygen atoms in total. The van der Waals surface area contributed by atoms with Gasteiger partial charge in [0.05, 0.1) is 18.1 Å². The summed E-state index contributed by atoms with van der Waals surface area (Å²) in [7, 11) is 0. The van der Waals surface area contributed by atoms with Gasteiger partial charge in [-0.25, -0.2) is 0 Å². The number of ether oxygens (including phenoxy) is 1. The first kappa shape index (κ1) is 14.7. The number of nitro benzene ring substituents is 1. The van der Waals surface area contributed by atoms with Crippen LogP contribution in [-0.2, 0) is 4.74 Å². The largest absolute Gasteiger partial charge is 0.382 e. The Morgan fingerprint density at radius 2 is 2.45 bits per heavy atom. The van der Waals surface area contributed by atoms with Crippen molar-refractivity contribution in [2.75, 3.05) is 25.1 Å². The van der Waals surface area contributed by atoms with E-state index in [2.05, 4.69) is 10.6 Å². The highest BCUT2D eigenvalue weighted by molar-refractivity contribution is 5.52. The summed E-state index contributed by atoms with van der Waals surface area (Å²) in [6, 6.07) is 4.19. The Hall–Kier alpha value is -1.73. The third-order valence-electron chi connectivity index (χ3n) is 3.19. The van der Waals surface area contributed by atoms with Gasteiger partial charge in [-0.1, -0.05) is 0 Å². The van der Waals surface area contributed by atoms with Crippen molar-refractivity contribution in [3.63, 3.8) is 0 Å². The van der Waals surface area contributed by atoms with Gasteiger partial charge in [0.15, 0.2) is 0 Å². The van der Waals surface area contributed by atoms with Crippen molar-refractivity contribution < 1.29 is 14.1 Å². The Balaban J connectivity index is 1.95. The van der Waals surface area contributed by atoms with E-state index in [0.29, 0.717) is 12.3 Å². The fourth-order valence-electron chi connectivity index (χ4n) is 2.28. The summed E-state index contributed by atoms with van der Waals surface area (Å²) in [5, 5.41) is 17.2. The number of hydrogen-bond donors (Lipinski definition) is 2. The van der Waals surface area contributed by atoms with E-state index in [9.17, 15) is 14.5 Å². The summed E-state index contributed by atoms with van der Waals surface area (Å²) in [5.41, 5.74) is 0.0312. The smallest absolute Gasteiger partial charge is 0.306 e. The molecule has 0 bridgehead atoms. The minimum absolute atomic E-state index is 0.0965. The minimum Gasteiger partial charge on any atom is -0.382 e. The molecule has 0 aromatic heterocycles. The van der Waals surface area contributed by atoms with E-state index in [4.69, 9.17) is 4.74 Å². The van der Waals surface area contributed by atoms with E-state index in [1.54, 1.807) is 0 Å². The third kappa shape index (κ3) is 3.88. The van der Waals surface area contributed by atoms with Gasteiger partial charge in [-0.15, -0.1) is 0 Å². The first-order valence-corrected chi connectivity index (χ1v) is 6.58. The Morgan fingerprint density at radius 3 is 3.10 bits per heavy atom. The normalized spacial score (nSPS) is 20.4. The molecule has 7 heteroatoms. The molecule has 2 rings (SSSR count). The Labute approximate surface area is 116 Å². The van der Waals surface area contributed by atoms with Crippen LogP contribution in [0.3, 0.4) is 0 Å².